The molecule has 0 unspecified atom stereocenters. The third-order valence-corrected chi connectivity index (χ3v) is 3.43. The Balaban J connectivity index is 1.93. The first kappa shape index (κ1) is 13.4. The lowest BCUT2D eigenvalue weighted by Crippen LogP contribution is -2.27. The Morgan fingerprint density at radius 3 is 2.89 bits per heavy atom. The van der Waals surface area contributed by atoms with Gasteiger partial charge in [0.2, 0.25) is 5.91 Å². The number of halogens is 1. The van der Waals surface area contributed by atoms with E-state index in [0.29, 0.717) is 22.1 Å². The Morgan fingerprint density at radius 1 is 1.56 bits per heavy atom. The van der Waals surface area contributed by atoms with Crippen molar-refractivity contribution in [2.45, 2.75) is 24.0 Å². The summed E-state index contributed by atoms with van der Waals surface area (Å²) in [6.07, 6.45) is 2.18. The van der Waals surface area contributed by atoms with Gasteiger partial charge in [-0.2, -0.15) is 0 Å². The van der Waals surface area contributed by atoms with E-state index in [1.54, 1.807) is 6.07 Å². The highest BCUT2D eigenvalue weighted by atomic mass is 35.5. The second-order valence-electron chi connectivity index (χ2n) is 4.36. The summed E-state index contributed by atoms with van der Waals surface area (Å²) in [5.41, 5.74) is 0. The first-order valence-electron chi connectivity index (χ1n) is 5.68. The molecule has 7 heteroatoms. The van der Waals surface area contributed by atoms with Crippen LogP contribution in [0.2, 0.25) is 5.15 Å². The monoisotopic (exact) mass is 286 g/mol. The topological polar surface area (TPSA) is 58.1 Å². The van der Waals surface area contributed by atoms with Gasteiger partial charge in [-0.25, -0.2) is 9.97 Å². The highest BCUT2D eigenvalue weighted by molar-refractivity contribution is 7.99. The van der Waals surface area contributed by atoms with Crippen LogP contribution in [0.3, 0.4) is 0 Å². The summed E-state index contributed by atoms with van der Waals surface area (Å²) in [5.74, 6) is 1.08. The first-order valence-corrected chi connectivity index (χ1v) is 7.05. The van der Waals surface area contributed by atoms with Gasteiger partial charge in [0.05, 0.1) is 5.75 Å². The van der Waals surface area contributed by atoms with Gasteiger partial charge in [0.25, 0.3) is 0 Å². The lowest BCUT2D eigenvalue weighted by Gasteiger charge is -2.12. The second kappa shape index (κ2) is 5.75. The molecule has 0 atom stereocenters. The van der Waals surface area contributed by atoms with Gasteiger partial charge in [-0.3, -0.25) is 4.79 Å². The molecule has 0 aromatic carbocycles. The second-order valence-corrected chi connectivity index (χ2v) is 5.69. The molecule has 98 valence electrons. The molecule has 18 heavy (non-hydrogen) atoms. The largest absolute Gasteiger partial charge is 0.363 e. The SMILES string of the molecule is CN(C)c1cc(Cl)nc(SCC(=O)NC2CC2)n1. The van der Waals surface area contributed by atoms with Crippen molar-refractivity contribution in [1.29, 1.82) is 0 Å². The van der Waals surface area contributed by atoms with Gasteiger partial charge in [-0.1, -0.05) is 23.4 Å². The van der Waals surface area contributed by atoms with E-state index < -0.39 is 0 Å². The van der Waals surface area contributed by atoms with E-state index in [9.17, 15) is 4.79 Å². The summed E-state index contributed by atoms with van der Waals surface area (Å²) in [6.45, 7) is 0. The molecule has 1 amide bonds. The lowest BCUT2D eigenvalue weighted by atomic mass is 10.5. The number of carbonyl (C=O) groups excluding carboxylic acids is 1. The summed E-state index contributed by atoms with van der Waals surface area (Å²) < 4.78 is 0. The molecule has 1 N–H and O–H groups in total. The van der Waals surface area contributed by atoms with Crippen LogP contribution >= 0.6 is 23.4 Å². The molecule has 0 bridgehead atoms. The lowest BCUT2D eigenvalue weighted by molar-refractivity contribution is -0.118. The number of nitrogens with one attached hydrogen (secondary N) is 1. The van der Waals surface area contributed by atoms with Crippen molar-refractivity contribution >= 4 is 35.1 Å². The minimum Gasteiger partial charge on any atom is -0.363 e. The number of hydrogen-bond donors (Lipinski definition) is 1. The van der Waals surface area contributed by atoms with E-state index in [1.165, 1.54) is 11.8 Å². The van der Waals surface area contributed by atoms with Gasteiger partial charge in [0.15, 0.2) is 5.16 Å². The van der Waals surface area contributed by atoms with Crippen LogP contribution in [0.15, 0.2) is 11.2 Å². The number of anilines is 1. The highest BCUT2D eigenvalue weighted by Gasteiger charge is 2.23. The predicted molar refractivity (Wildman–Crippen MR) is 73.3 cm³/mol. The summed E-state index contributed by atoms with van der Waals surface area (Å²) >= 11 is 7.21. The standard InChI is InChI=1S/C11H15ClN4OS/c1-16(2)9-5-8(12)14-11(15-9)18-6-10(17)13-7-3-4-7/h5,7H,3-4,6H2,1-2H3,(H,13,17). The van der Waals surface area contributed by atoms with Crippen LogP contribution in [0.4, 0.5) is 5.82 Å². The van der Waals surface area contributed by atoms with Gasteiger partial charge in [-0.05, 0) is 12.8 Å². The van der Waals surface area contributed by atoms with Crippen molar-refractivity contribution in [3.8, 4) is 0 Å². The zero-order chi connectivity index (χ0) is 13.1. The summed E-state index contributed by atoms with van der Waals surface area (Å²) in [6, 6.07) is 2.08. The molecule has 2 rings (SSSR count). The zero-order valence-electron chi connectivity index (χ0n) is 10.3. The molecule has 0 saturated heterocycles. The number of carbonyl (C=O) groups is 1. The molecule has 1 fully saturated rings. The van der Waals surface area contributed by atoms with Gasteiger partial charge in [0, 0.05) is 26.2 Å². The van der Waals surface area contributed by atoms with Crippen LogP contribution in [-0.2, 0) is 4.79 Å². The van der Waals surface area contributed by atoms with Crippen LogP contribution in [0.25, 0.3) is 0 Å². The van der Waals surface area contributed by atoms with Crippen molar-refractivity contribution in [2.75, 3.05) is 24.7 Å². The van der Waals surface area contributed by atoms with Crippen molar-refractivity contribution in [3.05, 3.63) is 11.2 Å². The third-order valence-electron chi connectivity index (χ3n) is 2.39. The fourth-order valence-corrected chi connectivity index (χ4v) is 2.20. The van der Waals surface area contributed by atoms with Gasteiger partial charge in [-0.15, -0.1) is 0 Å². The smallest absolute Gasteiger partial charge is 0.230 e. The van der Waals surface area contributed by atoms with Crippen LogP contribution in [0.5, 0.6) is 0 Å². The minimum absolute atomic E-state index is 0.0254. The maximum absolute atomic E-state index is 11.5. The van der Waals surface area contributed by atoms with Gasteiger partial charge < -0.3 is 10.2 Å². The molecule has 0 spiro atoms. The van der Waals surface area contributed by atoms with E-state index in [4.69, 9.17) is 11.6 Å². The number of amides is 1. The van der Waals surface area contributed by atoms with Crippen molar-refractivity contribution in [3.63, 3.8) is 0 Å². The van der Waals surface area contributed by atoms with Crippen LogP contribution < -0.4 is 10.2 Å². The van der Waals surface area contributed by atoms with E-state index in [1.807, 2.05) is 19.0 Å². The third kappa shape index (κ3) is 4.03. The highest BCUT2D eigenvalue weighted by Crippen LogP contribution is 2.22. The molecular formula is C11H15ClN4OS. The molecule has 1 saturated carbocycles. The van der Waals surface area contributed by atoms with Crippen molar-refractivity contribution < 1.29 is 4.79 Å². The van der Waals surface area contributed by atoms with Gasteiger partial charge in [0.1, 0.15) is 11.0 Å². The number of thioether (sulfide) groups is 1. The molecule has 1 aromatic heterocycles. The summed E-state index contributed by atoms with van der Waals surface area (Å²) in [4.78, 5) is 21.8. The average Bonchev–Trinajstić information content (AvgIpc) is 3.09. The van der Waals surface area contributed by atoms with E-state index >= 15 is 0 Å². The van der Waals surface area contributed by atoms with Crippen molar-refractivity contribution in [2.24, 2.45) is 0 Å². The minimum atomic E-state index is 0.0254. The first-order chi connectivity index (χ1) is 8.54. The average molecular weight is 287 g/mol. The summed E-state index contributed by atoms with van der Waals surface area (Å²) in [5, 5.41) is 3.83. The molecule has 1 aliphatic carbocycles. The summed E-state index contributed by atoms with van der Waals surface area (Å²) in [7, 11) is 3.76. The fourth-order valence-electron chi connectivity index (χ4n) is 1.31. The molecule has 5 nitrogen and oxygen atoms in total. The predicted octanol–water partition coefficient (Wildman–Crippen LogP) is 1.57. The molecule has 0 radical (unpaired) electrons. The number of rotatable bonds is 5. The Labute approximate surface area is 115 Å². The number of hydrogen-bond acceptors (Lipinski definition) is 5. The Kier molecular flexibility index (Phi) is 4.29. The Bertz CT molecular complexity index is 451. The zero-order valence-corrected chi connectivity index (χ0v) is 11.9. The molecule has 1 aromatic rings. The molecule has 0 aliphatic heterocycles. The number of nitrogens with zero attached hydrogens (tertiary/aromatic N) is 3. The van der Waals surface area contributed by atoms with Crippen LogP contribution in [0, 0.1) is 0 Å². The van der Waals surface area contributed by atoms with Crippen molar-refractivity contribution in [1.82, 2.24) is 15.3 Å². The maximum atomic E-state index is 11.5. The van der Waals surface area contributed by atoms with Crippen LogP contribution in [-0.4, -0.2) is 41.8 Å². The van der Waals surface area contributed by atoms with E-state index in [2.05, 4.69) is 15.3 Å². The van der Waals surface area contributed by atoms with Crippen LogP contribution in [0.1, 0.15) is 12.8 Å². The Morgan fingerprint density at radius 2 is 2.28 bits per heavy atom. The normalized spacial score (nSPS) is 14.4. The molecule has 1 heterocycles. The fraction of sp³-hybridized carbons (Fsp3) is 0.545. The van der Waals surface area contributed by atoms with Gasteiger partial charge >= 0.3 is 0 Å². The Hall–Kier alpha value is -1.01. The quantitative estimate of drug-likeness (QED) is 0.506. The number of aromatic nitrogens is 2. The molecule has 1 aliphatic rings. The van der Waals surface area contributed by atoms with E-state index in [-0.39, 0.29) is 5.91 Å². The maximum Gasteiger partial charge on any atom is 0.230 e. The van der Waals surface area contributed by atoms with E-state index in [0.717, 1.165) is 18.7 Å². The molecular weight excluding hydrogens is 272 g/mol.